The van der Waals surface area contributed by atoms with Crippen molar-refractivity contribution in [2.24, 2.45) is 5.22 Å². The van der Waals surface area contributed by atoms with Crippen LogP contribution >= 0.6 is 0 Å². The second kappa shape index (κ2) is 2.61. The highest BCUT2D eigenvalue weighted by Gasteiger charge is 2.04. The first-order valence-electron chi connectivity index (χ1n) is 2.76. The van der Waals surface area contributed by atoms with Gasteiger partial charge in [0.1, 0.15) is 0 Å². The molecule has 0 aromatic rings. The van der Waals surface area contributed by atoms with E-state index >= 15 is 0 Å². The van der Waals surface area contributed by atoms with Crippen LogP contribution in [0.1, 0.15) is 0 Å². The van der Waals surface area contributed by atoms with Crippen molar-refractivity contribution in [2.75, 3.05) is 26.2 Å². The molecule has 1 saturated heterocycles. The van der Waals surface area contributed by atoms with Crippen molar-refractivity contribution in [3.63, 3.8) is 0 Å². The van der Waals surface area contributed by atoms with Crippen LogP contribution in [-0.2, 0) is 0 Å². The fraction of sp³-hybridized carbons (Fsp3) is 1.00. The van der Waals surface area contributed by atoms with E-state index in [4.69, 9.17) is 5.53 Å². The van der Waals surface area contributed by atoms with Crippen molar-refractivity contribution in [3.8, 4) is 0 Å². The Kier molecular flexibility index (Phi) is 1.80. The lowest BCUT2D eigenvalue weighted by atomic mass is 10.4. The molecule has 1 fully saturated rings. The minimum absolute atomic E-state index is 0.878. The number of nitrogens with zero attached hydrogens (tertiary/aromatic N) is 2. The SMILES string of the molecule is N=NN1CCNCC1. The van der Waals surface area contributed by atoms with Crippen LogP contribution in [0.4, 0.5) is 0 Å². The number of rotatable bonds is 1. The third-order valence-corrected chi connectivity index (χ3v) is 1.23. The van der Waals surface area contributed by atoms with E-state index < -0.39 is 0 Å². The van der Waals surface area contributed by atoms with Gasteiger partial charge < -0.3 is 5.32 Å². The van der Waals surface area contributed by atoms with E-state index in [-0.39, 0.29) is 0 Å². The maximum Gasteiger partial charge on any atom is 0.0502 e. The Balaban J connectivity index is 2.22. The van der Waals surface area contributed by atoms with Gasteiger partial charge in [-0.25, -0.2) is 0 Å². The molecular formula is C4H10N4. The van der Waals surface area contributed by atoms with Gasteiger partial charge in [-0.2, -0.15) is 5.53 Å². The summed E-state index contributed by atoms with van der Waals surface area (Å²) in [6.45, 7) is 3.68. The van der Waals surface area contributed by atoms with E-state index in [1.807, 2.05) is 0 Å². The Morgan fingerprint density at radius 1 is 1.38 bits per heavy atom. The van der Waals surface area contributed by atoms with Crippen LogP contribution in [0.3, 0.4) is 0 Å². The van der Waals surface area contributed by atoms with Crippen LogP contribution in [-0.4, -0.2) is 31.2 Å². The molecule has 1 rings (SSSR count). The van der Waals surface area contributed by atoms with Gasteiger partial charge in [-0.05, 0) is 0 Å². The van der Waals surface area contributed by atoms with Crippen LogP contribution in [0.5, 0.6) is 0 Å². The summed E-state index contributed by atoms with van der Waals surface area (Å²) in [6.07, 6.45) is 0. The molecule has 0 aromatic heterocycles. The quantitative estimate of drug-likeness (QED) is 0.465. The van der Waals surface area contributed by atoms with Gasteiger partial charge in [-0.1, -0.05) is 5.22 Å². The minimum Gasteiger partial charge on any atom is -0.313 e. The molecule has 0 saturated carbocycles. The summed E-state index contributed by atoms with van der Waals surface area (Å²) in [7, 11) is 0. The molecular weight excluding hydrogens is 104 g/mol. The average molecular weight is 114 g/mol. The van der Waals surface area contributed by atoms with Crippen LogP contribution in [0.15, 0.2) is 5.22 Å². The molecule has 2 N–H and O–H groups in total. The van der Waals surface area contributed by atoms with Crippen LogP contribution in [0.25, 0.3) is 0 Å². The van der Waals surface area contributed by atoms with Crippen LogP contribution < -0.4 is 5.32 Å². The summed E-state index contributed by atoms with van der Waals surface area (Å²) < 4.78 is 0. The highest BCUT2D eigenvalue weighted by Crippen LogP contribution is 1.89. The zero-order chi connectivity index (χ0) is 5.82. The highest BCUT2D eigenvalue weighted by molar-refractivity contribution is 4.61. The molecule has 46 valence electrons. The second-order valence-corrected chi connectivity index (χ2v) is 1.80. The second-order valence-electron chi connectivity index (χ2n) is 1.80. The average Bonchev–Trinajstić information content (AvgIpc) is 1.90. The van der Waals surface area contributed by atoms with Crippen molar-refractivity contribution in [1.82, 2.24) is 10.3 Å². The molecule has 4 heteroatoms. The maximum atomic E-state index is 6.62. The molecule has 0 spiro atoms. The van der Waals surface area contributed by atoms with Crippen LogP contribution in [0, 0.1) is 5.53 Å². The minimum atomic E-state index is 0.878. The summed E-state index contributed by atoms with van der Waals surface area (Å²) in [6, 6.07) is 0. The monoisotopic (exact) mass is 114 g/mol. The lowest BCUT2D eigenvalue weighted by molar-refractivity contribution is 0.229. The number of nitrogens with one attached hydrogen (secondary N) is 2. The van der Waals surface area contributed by atoms with E-state index in [2.05, 4.69) is 10.5 Å². The predicted octanol–water partition coefficient (Wildman–Crippen LogP) is -0.162. The zero-order valence-corrected chi connectivity index (χ0v) is 4.72. The van der Waals surface area contributed by atoms with Gasteiger partial charge in [-0.15, -0.1) is 0 Å². The molecule has 1 aliphatic rings. The molecule has 8 heavy (non-hydrogen) atoms. The van der Waals surface area contributed by atoms with Gasteiger partial charge in [0, 0.05) is 13.1 Å². The Morgan fingerprint density at radius 2 is 2.00 bits per heavy atom. The topological polar surface area (TPSA) is 51.5 Å². The maximum absolute atomic E-state index is 6.62. The Labute approximate surface area is 48.3 Å². The molecule has 0 atom stereocenters. The molecule has 1 heterocycles. The van der Waals surface area contributed by atoms with Crippen molar-refractivity contribution in [1.29, 1.82) is 5.53 Å². The number of hydrogen-bond acceptors (Lipinski definition) is 3. The number of hydrogen-bond donors (Lipinski definition) is 2. The third-order valence-electron chi connectivity index (χ3n) is 1.23. The zero-order valence-electron chi connectivity index (χ0n) is 4.72. The van der Waals surface area contributed by atoms with Crippen LogP contribution in [0.2, 0.25) is 0 Å². The van der Waals surface area contributed by atoms with Crippen molar-refractivity contribution in [2.45, 2.75) is 0 Å². The molecule has 4 nitrogen and oxygen atoms in total. The molecule has 0 bridgehead atoms. The highest BCUT2D eigenvalue weighted by atomic mass is 15.5. The third kappa shape index (κ3) is 1.16. The Morgan fingerprint density at radius 3 is 2.38 bits per heavy atom. The summed E-state index contributed by atoms with van der Waals surface area (Å²) >= 11 is 0. The molecule has 0 aliphatic carbocycles. The molecule has 0 unspecified atom stereocenters. The fourth-order valence-electron chi connectivity index (χ4n) is 0.753. The first kappa shape index (κ1) is 5.50. The first-order valence-corrected chi connectivity index (χ1v) is 2.76. The molecule has 0 aromatic carbocycles. The first-order chi connectivity index (χ1) is 3.93. The van der Waals surface area contributed by atoms with Gasteiger partial charge in [0.05, 0.1) is 13.1 Å². The van der Waals surface area contributed by atoms with Gasteiger partial charge in [0.25, 0.3) is 0 Å². The summed E-state index contributed by atoms with van der Waals surface area (Å²) in [5.41, 5.74) is 6.62. The fourth-order valence-corrected chi connectivity index (χ4v) is 0.753. The normalized spacial score (nSPS) is 20.8. The van der Waals surface area contributed by atoms with Crippen molar-refractivity contribution >= 4 is 0 Å². The summed E-state index contributed by atoms with van der Waals surface area (Å²) in [4.78, 5) is 0. The van der Waals surface area contributed by atoms with Gasteiger partial charge in [0.2, 0.25) is 0 Å². The largest absolute Gasteiger partial charge is 0.313 e. The van der Waals surface area contributed by atoms with E-state index in [0.29, 0.717) is 0 Å². The predicted molar refractivity (Wildman–Crippen MR) is 29.6 cm³/mol. The van der Waals surface area contributed by atoms with Crippen molar-refractivity contribution < 1.29 is 0 Å². The molecule has 0 amide bonds. The summed E-state index contributed by atoms with van der Waals surface area (Å²) in [5, 5.41) is 8.20. The molecule has 1 aliphatic heterocycles. The van der Waals surface area contributed by atoms with Gasteiger partial charge in [0.15, 0.2) is 0 Å². The lowest BCUT2D eigenvalue weighted by Gasteiger charge is -2.21. The van der Waals surface area contributed by atoms with E-state index in [9.17, 15) is 0 Å². The standard InChI is InChI=1S/C4H10N4/c5-7-8-3-1-6-2-4-8/h5-6H,1-4H2. The van der Waals surface area contributed by atoms with E-state index in [0.717, 1.165) is 26.2 Å². The lowest BCUT2D eigenvalue weighted by Crippen LogP contribution is -2.40. The Hall–Kier alpha value is -0.640. The van der Waals surface area contributed by atoms with Gasteiger partial charge >= 0.3 is 0 Å². The summed E-state index contributed by atoms with van der Waals surface area (Å²) in [5.74, 6) is 0. The van der Waals surface area contributed by atoms with E-state index in [1.54, 1.807) is 5.01 Å². The smallest absolute Gasteiger partial charge is 0.0502 e. The van der Waals surface area contributed by atoms with Gasteiger partial charge in [-0.3, -0.25) is 5.01 Å². The molecule has 0 radical (unpaired) electrons. The van der Waals surface area contributed by atoms with E-state index in [1.165, 1.54) is 0 Å². The van der Waals surface area contributed by atoms with Crippen molar-refractivity contribution in [3.05, 3.63) is 0 Å². The number of piperazine rings is 1. The Bertz CT molecular complexity index is 76.1.